The molecule has 0 saturated heterocycles. The summed E-state index contributed by atoms with van der Waals surface area (Å²) < 4.78 is 28.1. The van der Waals surface area contributed by atoms with E-state index in [-0.39, 0.29) is 10.7 Å². The molecule has 0 fully saturated rings. The normalized spacial score (nSPS) is 11.2. The Hall–Kier alpha value is -2.75. The number of methoxy groups -OCH3 is 1. The standard InChI is InChI=1S/C17H15N3O4S2/c1-24-14-8-3-2-7-13(14)16(21)15-10-19-17(25-15)20-11-5-4-6-12(9-11)26(18,22)23/h2-10H,1H3,(H,19,20)(H2,18,22,23). The summed E-state index contributed by atoms with van der Waals surface area (Å²) in [6.45, 7) is 0. The first-order valence-corrected chi connectivity index (χ1v) is 9.78. The van der Waals surface area contributed by atoms with E-state index in [4.69, 9.17) is 9.88 Å². The number of nitrogens with two attached hydrogens (primary N) is 1. The fourth-order valence-corrected chi connectivity index (χ4v) is 3.63. The third-order valence-corrected chi connectivity index (χ3v) is 5.32. The van der Waals surface area contributed by atoms with Gasteiger partial charge in [-0.15, -0.1) is 0 Å². The van der Waals surface area contributed by atoms with Crippen LogP contribution in [0.1, 0.15) is 15.2 Å². The van der Waals surface area contributed by atoms with Crippen LogP contribution in [0.25, 0.3) is 0 Å². The molecule has 26 heavy (non-hydrogen) atoms. The van der Waals surface area contributed by atoms with Gasteiger partial charge in [0.25, 0.3) is 0 Å². The second-order valence-electron chi connectivity index (χ2n) is 5.26. The molecule has 134 valence electrons. The molecule has 7 nitrogen and oxygen atoms in total. The van der Waals surface area contributed by atoms with Gasteiger partial charge >= 0.3 is 0 Å². The van der Waals surface area contributed by atoms with E-state index >= 15 is 0 Å². The molecule has 0 atom stereocenters. The van der Waals surface area contributed by atoms with Gasteiger partial charge in [0.15, 0.2) is 5.13 Å². The van der Waals surface area contributed by atoms with E-state index < -0.39 is 10.0 Å². The number of sulfonamides is 1. The van der Waals surface area contributed by atoms with Crippen molar-refractivity contribution < 1.29 is 17.9 Å². The van der Waals surface area contributed by atoms with Gasteiger partial charge in [-0.05, 0) is 30.3 Å². The van der Waals surface area contributed by atoms with E-state index in [2.05, 4.69) is 10.3 Å². The number of benzene rings is 2. The average molecular weight is 389 g/mol. The molecule has 0 saturated carbocycles. The van der Waals surface area contributed by atoms with E-state index in [0.29, 0.717) is 27.0 Å². The Labute approximate surface area is 154 Å². The van der Waals surface area contributed by atoms with E-state index in [0.717, 1.165) is 11.3 Å². The van der Waals surface area contributed by atoms with Crippen LogP contribution in [0.5, 0.6) is 5.75 Å². The number of para-hydroxylation sites is 1. The van der Waals surface area contributed by atoms with Crippen molar-refractivity contribution in [3.8, 4) is 5.75 Å². The highest BCUT2D eigenvalue weighted by atomic mass is 32.2. The van der Waals surface area contributed by atoms with Crippen LogP contribution in [0.4, 0.5) is 10.8 Å². The van der Waals surface area contributed by atoms with Crippen molar-refractivity contribution in [1.82, 2.24) is 4.98 Å². The quantitative estimate of drug-likeness (QED) is 0.627. The maximum Gasteiger partial charge on any atom is 0.238 e. The van der Waals surface area contributed by atoms with Gasteiger partial charge in [0.1, 0.15) is 5.75 Å². The summed E-state index contributed by atoms with van der Waals surface area (Å²) in [6.07, 6.45) is 1.46. The third-order valence-electron chi connectivity index (χ3n) is 3.49. The van der Waals surface area contributed by atoms with Crippen molar-refractivity contribution in [2.75, 3.05) is 12.4 Å². The summed E-state index contributed by atoms with van der Waals surface area (Å²) in [5, 5.41) is 8.56. The number of ether oxygens (including phenoxy) is 1. The molecule has 3 aromatic rings. The number of aromatic nitrogens is 1. The van der Waals surface area contributed by atoms with E-state index in [1.165, 1.54) is 25.4 Å². The van der Waals surface area contributed by atoms with Gasteiger partial charge in [0.05, 0.1) is 28.6 Å². The molecule has 0 aliphatic carbocycles. The Bertz CT molecular complexity index is 1060. The van der Waals surface area contributed by atoms with Crippen molar-refractivity contribution in [3.63, 3.8) is 0 Å². The number of primary sulfonamides is 1. The highest BCUT2D eigenvalue weighted by molar-refractivity contribution is 7.89. The zero-order valence-electron chi connectivity index (χ0n) is 13.7. The number of hydrogen-bond acceptors (Lipinski definition) is 7. The van der Waals surface area contributed by atoms with Gasteiger partial charge in [-0.1, -0.05) is 29.5 Å². The predicted molar refractivity (Wildman–Crippen MR) is 99.6 cm³/mol. The van der Waals surface area contributed by atoms with Crippen molar-refractivity contribution in [2.45, 2.75) is 4.90 Å². The molecule has 0 radical (unpaired) electrons. The highest BCUT2D eigenvalue weighted by Crippen LogP contribution is 2.28. The minimum absolute atomic E-state index is 0.00984. The van der Waals surface area contributed by atoms with Gasteiger partial charge in [-0.3, -0.25) is 4.79 Å². The summed E-state index contributed by atoms with van der Waals surface area (Å²) in [4.78, 5) is 17.2. The van der Waals surface area contributed by atoms with Gasteiger partial charge < -0.3 is 10.1 Å². The summed E-state index contributed by atoms with van der Waals surface area (Å²) >= 11 is 1.16. The van der Waals surface area contributed by atoms with Crippen LogP contribution in [0.3, 0.4) is 0 Å². The molecular weight excluding hydrogens is 374 g/mol. The van der Waals surface area contributed by atoms with Crippen molar-refractivity contribution in [2.24, 2.45) is 5.14 Å². The van der Waals surface area contributed by atoms with Crippen LogP contribution in [0.2, 0.25) is 0 Å². The second-order valence-corrected chi connectivity index (χ2v) is 7.85. The Balaban J connectivity index is 1.84. The Morgan fingerprint density at radius 2 is 1.96 bits per heavy atom. The number of carbonyl (C=O) groups is 1. The Morgan fingerprint density at radius 1 is 1.19 bits per heavy atom. The number of anilines is 2. The third kappa shape index (κ3) is 3.90. The number of hydrogen-bond donors (Lipinski definition) is 2. The number of carbonyl (C=O) groups excluding carboxylic acids is 1. The number of nitrogens with zero attached hydrogens (tertiary/aromatic N) is 1. The molecule has 0 aliphatic rings. The molecule has 9 heteroatoms. The van der Waals surface area contributed by atoms with E-state index in [1.807, 2.05) is 0 Å². The lowest BCUT2D eigenvalue weighted by Gasteiger charge is -2.05. The zero-order chi connectivity index (χ0) is 18.7. The lowest BCUT2D eigenvalue weighted by atomic mass is 10.1. The van der Waals surface area contributed by atoms with Crippen LogP contribution in [-0.4, -0.2) is 26.3 Å². The first kappa shape index (κ1) is 18.1. The maximum absolute atomic E-state index is 12.6. The maximum atomic E-state index is 12.6. The number of nitrogens with one attached hydrogen (secondary N) is 1. The van der Waals surface area contributed by atoms with Crippen molar-refractivity contribution >= 4 is 38.0 Å². The number of rotatable bonds is 6. The van der Waals surface area contributed by atoms with Crippen LogP contribution in [0.15, 0.2) is 59.6 Å². The fraction of sp³-hybridized carbons (Fsp3) is 0.0588. The van der Waals surface area contributed by atoms with Gasteiger partial charge in [-0.2, -0.15) is 0 Å². The molecule has 3 rings (SSSR count). The second kappa shape index (κ2) is 7.24. The van der Waals surface area contributed by atoms with Gasteiger partial charge in [0.2, 0.25) is 15.8 Å². The number of thiazole rings is 1. The topological polar surface area (TPSA) is 111 Å². The molecular formula is C17H15N3O4S2. The molecule has 0 aliphatic heterocycles. The van der Waals surface area contributed by atoms with Crippen LogP contribution in [0, 0.1) is 0 Å². The first-order valence-electron chi connectivity index (χ1n) is 7.42. The largest absolute Gasteiger partial charge is 0.496 e. The lowest BCUT2D eigenvalue weighted by molar-refractivity contribution is 0.103. The van der Waals surface area contributed by atoms with Crippen LogP contribution in [-0.2, 0) is 10.0 Å². The molecule has 1 heterocycles. The minimum atomic E-state index is -3.79. The molecule has 2 aromatic carbocycles. The van der Waals surface area contributed by atoms with Crippen molar-refractivity contribution in [1.29, 1.82) is 0 Å². The van der Waals surface area contributed by atoms with Gasteiger partial charge in [0, 0.05) is 5.69 Å². The molecule has 1 aromatic heterocycles. The first-order chi connectivity index (χ1) is 12.4. The van der Waals surface area contributed by atoms with Gasteiger partial charge in [-0.25, -0.2) is 18.5 Å². The molecule has 0 spiro atoms. The SMILES string of the molecule is COc1ccccc1C(=O)c1cnc(Nc2cccc(S(N)(=O)=O)c2)s1. The molecule has 3 N–H and O–H groups in total. The monoisotopic (exact) mass is 389 g/mol. The highest BCUT2D eigenvalue weighted by Gasteiger charge is 2.17. The van der Waals surface area contributed by atoms with E-state index in [1.54, 1.807) is 36.4 Å². The molecule has 0 unspecified atom stereocenters. The summed E-state index contributed by atoms with van der Waals surface area (Å²) in [5.74, 6) is 0.285. The molecule has 0 amide bonds. The Kier molecular flexibility index (Phi) is 5.03. The Morgan fingerprint density at radius 3 is 2.69 bits per heavy atom. The fourth-order valence-electron chi connectivity index (χ4n) is 2.28. The van der Waals surface area contributed by atoms with Crippen LogP contribution >= 0.6 is 11.3 Å². The minimum Gasteiger partial charge on any atom is -0.496 e. The molecule has 0 bridgehead atoms. The van der Waals surface area contributed by atoms with E-state index in [9.17, 15) is 13.2 Å². The predicted octanol–water partition coefficient (Wildman–Crippen LogP) is 2.77. The smallest absolute Gasteiger partial charge is 0.238 e. The van der Waals surface area contributed by atoms with Crippen LogP contribution < -0.4 is 15.2 Å². The summed E-state index contributed by atoms with van der Waals surface area (Å²) in [6, 6.07) is 13.0. The number of ketones is 1. The zero-order valence-corrected chi connectivity index (χ0v) is 15.3. The summed E-state index contributed by atoms with van der Waals surface area (Å²) in [5.41, 5.74) is 0.948. The lowest BCUT2D eigenvalue weighted by Crippen LogP contribution is -2.12. The average Bonchev–Trinajstić information content (AvgIpc) is 3.09. The summed E-state index contributed by atoms with van der Waals surface area (Å²) in [7, 11) is -2.29. The van der Waals surface area contributed by atoms with Crippen molar-refractivity contribution in [3.05, 3.63) is 65.2 Å².